The zero-order valence-electron chi connectivity index (χ0n) is 9.71. The smallest absolute Gasteiger partial charge is 0.165 e. The van der Waals surface area contributed by atoms with Gasteiger partial charge in [0.1, 0.15) is 5.75 Å². The summed E-state index contributed by atoms with van der Waals surface area (Å²) >= 11 is 9.12. The lowest BCUT2D eigenvalue weighted by molar-refractivity contribution is 0.439. The monoisotopic (exact) mass is 328 g/mol. The van der Waals surface area contributed by atoms with Crippen molar-refractivity contribution in [3.8, 4) is 11.5 Å². The number of benzene rings is 2. The zero-order chi connectivity index (χ0) is 13.1. The van der Waals surface area contributed by atoms with Crippen molar-refractivity contribution < 1.29 is 9.13 Å². The largest absolute Gasteiger partial charge is 0.453 e. The molecule has 0 saturated carbocycles. The van der Waals surface area contributed by atoms with Crippen molar-refractivity contribution in [3.63, 3.8) is 0 Å². The first-order valence-corrected chi connectivity index (χ1v) is 6.71. The minimum Gasteiger partial charge on any atom is -0.453 e. The molecule has 0 aliphatic carbocycles. The number of rotatable bonds is 3. The van der Waals surface area contributed by atoms with Gasteiger partial charge < -0.3 is 4.74 Å². The lowest BCUT2D eigenvalue weighted by atomic mass is 10.2. The molecule has 1 nitrogen and oxygen atoms in total. The Balaban J connectivity index is 2.31. The molecule has 0 atom stereocenters. The van der Waals surface area contributed by atoms with E-state index in [9.17, 15) is 4.39 Å². The third-order valence-corrected chi connectivity index (χ3v) is 3.39. The fraction of sp³-hybridized carbons (Fsp3) is 0.143. The average Bonchev–Trinajstić information content (AvgIpc) is 2.36. The molecule has 0 bridgehead atoms. The Hall–Kier alpha value is -1.06. The first kappa shape index (κ1) is 13.4. The molecule has 0 spiro atoms. The Labute approximate surface area is 119 Å². The van der Waals surface area contributed by atoms with Gasteiger partial charge in [0.15, 0.2) is 11.6 Å². The maximum atomic E-state index is 13.6. The summed E-state index contributed by atoms with van der Waals surface area (Å²) in [7, 11) is 0. The summed E-state index contributed by atoms with van der Waals surface area (Å²) in [6.07, 6.45) is 0. The van der Waals surface area contributed by atoms with Crippen LogP contribution in [0.5, 0.6) is 11.5 Å². The normalized spacial score (nSPS) is 10.4. The molecule has 0 aliphatic rings. The summed E-state index contributed by atoms with van der Waals surface area (Å²) in [5, 5.41) is 0. The van der Waals surface area contributed by atoms with E-state index >= 15 is 0 Å². The first-order chi connectivity index (χ1) is 8.60. The van der Waals surface area contributed by atoms with E-state index in [1.807, 2.05) is 19.1 Å². The highest BCUT2D eigenvalue weighted by Crippen LogP contribution is 2.32. The number of halogens is 3. The highest BCUT2D eigenvalue weighted by atomic mass is 79.9. The van der Waals surface area contributed by atoms with Crippen molar-refractivity contribution in [1.29, 1.82) is 0 Å². The maximum absolute atomic E-state index is 13.6. The molecule has 2 aromatic rings. The Morgan fingerprint density at radius 1 is 1.17 bits per heavy atom. The van der Waals surface area contributed by atoms with E-state index in [1.54, 1.807) is 18.2 Å². The molecule has 94 valence electrons. The van der Waals surface area contributed by atoms with Crippen LogP contribution in [-0.2, 0) is 5.88 Å². The molecular weight excluding hydrogens is 319 g/mol. The molecular formula is C14H11BrClFO. The van der Waals surface area contributed by atoms with Crippen LogP contribution in [0, 0.1) is 12.7 Å². The van der Waals surface area contributed by atoms with Gasteiger partial charge in [-0.3, -0.25) is 0 Å². The highest BCUT2D eigenvalue weighted by Gasteiger charge is 2.08. The topological polar surface area (TPSA) is 9.23 Å². The summed E-state index contributed by atoms with van der Waals surface area (Å²) in [6.45, 7) is 1.89. The molecule has 0 heterocycles. The summed E-state index contributed by atoms with van der Waals surface area (Å²) in [5.74, 6) is 0.828. The van der Waals surface area contributed by atoms with Crippen LogP contribution < -0.4 is 4.74 Å². The van der Waals surface area contributed by atoms with Crippen LogP contribution in [-0.4, -0.2) is 0 Å². The summed E-state index contributed by atoms with van der Waals surface area (Å²) < 4.78 is 19.9. The van der Waals surface area contributed by atoms with Gasteiger partial charge in [-0.25, -0.2) is 4.39 Å². The second-order valence-corrected chi connectivity index (χ2v) is 5.06. The van der Waals surface area contributed by atoms with E-state index in [0.29, 0.717) is 11.6 Å². The molecule has 2 aromatic carbocycles. The predicted octanol–water partition coefficient (Wildman–Crippen LogP) is 5.43. The summed E-state index contributed by atoms with van der Waals surface area (Å²) in [4.78, 5) is 0. The molecule has 0 unspecified atom stereocenters. The molecule has 18 heavy (non-hydrogen) atoms. The van der Waals surface area contributed by atoms with Gasteiger partial charge in [0.05, 0.1) is 4.47 Å². The number of hydrogen-bond acceptors (Lipinski definition) is 1. The number of ether oxygens (including phenoxy) is 1. The molecule has 0 amide bonds. The standard InChI is InChI=1S/C14H11BrClFO/c1-9-2-4-12(17)14(6-9)18-13-5-3-10(8-16)7-11(13)15/h2-7H,8H2,1H3. The van der Waals surface area contributed by atoms with Gasteiger partial charge in [-0.2, -0.15) is 0 Å². The van der Waals surface area contributed by atoms with Crippen molar-refractivity contribution >= 4 is 27.5 Å². The summed E-state index contributed by atoms with van der Waals surface area (Å²) in [5.41, 5.74) is 1.92. The lowest BCUT2D eigenvalue weighted by Crippen LogP contribution is -1.91. The van der Waals surface area contributed by atoms with Crippen LogP contribution in [0.2, 0.25) is 0 Å². The van der Waals surface area contributed by atoms with E-state index in [4.69, 9.17) is 16.3 Å². The zero-order valence-corrected chi connectivity index (χ0v) is 12.1. The molecule has 0 aromatic heterocycles. The van der Waals surface area contributed by atoms with Gasteiger partial charge in [0, 0.05) is 5.88 Å². The van der Waals surface area contributed by atoms with Gasteiger partial charge in [0.25, 0.3) is 0 Å². The number of alkyl halides is 1. The molecule has 2 rings (SSSR count). The fourth-order valence-corrected chi connectivity index (χ4v) is 2.19. The quantitative estimate of drug-likeness (QED) is 0.682. The molecule has 0 saturated heterocycles. The van der Waals surface area contributed by atoms with Crippen molar-refractivity contribution in [2.24, 2.45) is 0 Å². The van der Waals surface area contributed by atoms with Crippen LogP contribution in [0.25, 0.3) is 0 Å². The van der Waals surface area contributed by atoms with E-state index in [-0.39, 0.29) is 11.6 Å². The van der Waals surface area contributed by atoms with E-state index in [1.165, 1.54) is 6.07 Å². The van der Waals surface area contributed by atoms with Crippen molar-refractivity contribution in [3.05, 3.63) is 57.8 Å². The van der Waals surface area contributed by atoms with E-state index in [2.05, 4.69) is 15.9 Å². The highest BCUT2D eigenvalue weighted by molar-refractivity contribution is 9.10. The first-order valence-electron chi connectivity index (χ1n) is 5.38. The summed E-state index contributed by atoms with van der Waals surface area (Å²) in [6, 6.07) is 10.2. The second-order valence-electron chi connectivity index (χ2n) is 3.93. The van der Waals surface area contributed by atoms with Crippen LogP contribution in [0.3, 0.4) is 0 Å². The second kappa shape index (κ2) is 5.72. The molecule has 0 fully saturated rings. The van der Waals surface area contributed by atoms with Gasteiger partial charge in [-0.1, -0.05) is 12.1 Å². The van der Waals surface area contributed by atoms with Crippen LogP contribution in [0.1, 0.15) is 11.1 Å². The van der Waals surface area contributed by atoms with Crippen LogP contribution in [0.4, 0.5) is 4.39 Å². The minimum atomic E-state index is -0.381. The third kappa shape index (κ3) is 3.03. The Kier molecular flexibility index (Phi) is 4.25. The van der Waals surface area contributed by atoms with Crippen LogP contribution >= 0.6 is 27.5 Å². The Morgan fingerprint density at radius 2 is 1.94 bits per heavy atom. The predicted molar refractivity (Wildman–Crippen MR) is 74.9 cm³/mol. The average molecular weight is 330 g/mol. The van der Waals surface area contributed by atoms with Gasteiger partial charge in [-0.05, 0) is 58.2 Å². The lowest BCUT2D eigenvalue weighted by Gasteiger charge is -2.10. The molecule has 0 radical (unpaired) electrons. The number of aryl methyl sites for hydroxylation is 1. The van der Waals surface area contributed by atoms with Gasteiger partial charge in [-0.15, -0.1) is 11.6 Å². The Morgan fingerprint density at radius 3 is 2.61 bits per heavy atom. The Bertz CT molecular complexity index is 572. The SMILES string of the molecule is Cc1ccc(F)c(Oc2ccc(CCl)cc2Br)c1. The molecule has 0 aliphatic heterocycles. The van der Waals surface area contributed by atoms with Gasteiger partial charge in [0.2, 0.25) is 0 Å². The minimum absolute atomic E-state index is 0.217. The van der Waals surface area contributed by atoms with E-state index < -0.39 is 0 Å². The van der Waals surface area contributed by atoms with Gasteiger partial charge >= 0.3 is 0 Å². The third-order valence-electron chi connectivity index (χ3n) is 2.46. The fourth-order valence-electron chi connectivity index (χ4n) is 1.52. The maximum Gasteiger partial charge on any atom is 0.165 e. The van der Waals surface area contributed by atoms with Crippen molar-refractivity contribution in [2.45, 2.75) is 12.8 Å². The molecule has 0 N–H and O–H groups in total. The van der Waals surface area contributed by atoms with Crippen LogP contribution in [0.15, 0.2) is 40.9 Å². The van der Waals surface area contributed by atoms with E-state index in [0.717, 1.165) is 15.6 Å². The van der Waals surface area contributed by atoms with Crippen molar-refractivity contribution in [2.75, 3.05) is 0 Å². The number of hydrogen-bond donors (Lipinski definition) is 0. The molecule has 4 heteroatoms. The van der Waals surface area contributed by atoms with Crippen molar-refractivity contribution in [1.82, 2.24) is 0 Å².